The van der Waals surface area contributed by atoms with Gasteiger partial charge < -0.3 is 14.8 Å². The van der Waals surface area contributed by atoms with Crippen LogP contribution in [0.5, 0.6) is 11.9 Å². The predicted octanol–water partition coefficient (Wildman–Crippen LogP) is 1.43. The third-order valence-corrected chi connectivity index (χ3v) is 5.53. The van der Waals surface area contributed by atoms with Gasteiger partial charge in [0.15, 0.2) is 5.82 Å². The molecule has 0 aliphatic heterocycles. The number of nitro groups is 1. The molecule has 2 N–H and O–H groups in total. The van der Waals surface area contributed by atoms with E-state index in [1.54, 1.807) is 0 Å². The first-order chi connectivity index (χ1) is 15.7. The third kappa shape index (κ3) is 6.13. The number of carbonyl (C=O) groups excluding carboxylic acids is 1. The number of amides is 1. The highest BCUT2D eigenvalue weighted by Gasteiger charge is 2.17. The fourth-order valence-electron chi connectivity index (χ4n) is 2.57. The normalized spacial score (nSPS) is 11.0. The molecule has 0 atom stereocenters. The molecule has 1 aromatic carbocycles. The lowest BCUT2D eigenvalue weighted by molar-refractivity contribution is -0.385. The number of hydrogen-bond donors (Lipinski definition) is 2. The highest BCUT2D eigenvalue weighted by molar-refractivity contribution is 7.92. The lowest BCUT2D eigenvalue weighted by atomic mass is 10.3. The van der Waals surface area contributed by atoms with Crippen LogP contribution in [0.4, 0.5) is 17.2 Å². The summed E-state index contributed by atoms with van der Waals surface area (Å²) in [5.41, 5.74) is 0.204. The number of aromatic nitrogens is 4. The Balaban J connectivity index is 1.61. The van der Waals surface area contributed by atoms with E-state index in [1.807, 2.05) is 0 Å². The summed E-state index contributed by atoms with van der Waals surface area (Å²) in [5.74, 6) is -0.306. The van der Waals surface area contributed by atoms with Crippen molar-refractivity contribution in [3.05, 3.63) is 52.8 Å². The van der Waals surface area contributed by atoms with Gasteiger partial charge in [0.25, 0.3) is 10.0 Å². The van der Waals surface area contributed by atoms with Crippen molar-refractivity contribution < 1.29 is 27.6 Å². The van der Waals surface area contributed by atoms with E-state index in [0.29, 0.717) is 5.69 Å². The minimum Gasteiger partial charge on any atom is -0.481 e. The highest BCUT2D eigenvalue weighted by atomic mass is 32.2. The Kier molecular flexibility index (Phi) is 7.02. The van der Waals surface area contributed by atoms with Crippen LogP contribution in [0.25, 0.3) is 0 Å². The van der Waals surface area contributed by atoms with Crippen molar-refractivity contribution in [2.24, 2.45) is 0 Å². The van der Waals surface area contributed by atoms with Gasteiger partial charge in [-0.2, -0.15) is 15.1 Å². The second kappa shape index (κ2) is 9.90. The second-order valence-electron chi connectivity index (χ2n) is 6.43. The summed E-state index contributed by atoms with van der Waals surface area (Å²) >= 11 is 0. The summed E-state index contributed by atoms with van der Waals surface area (Å²) in [5, 5.41) is 17.1. The fourth-order valence-corrected chi connectivity index (χ4v) is 3.57. The Labute approximate surface area is 187 Å². The van der Waals surface area contributed by atoms with Gasteiger partial charge in [-0.25, -0.2) is 8.42 Å². The molecular weight excluding hydrogens is 458 g/mol. The fraction of sp³-hybridized carbons (Fsp3) is 0.222. The number of aryl methyl sites for hydroxylation is 1. The zero-order chi connectivity index (χ0) is 24.0. The van der Waals surface area contributed by atoms with E-state index in [-0.39, 0.29) is 47.2 Å². The quantitative estimate of drug-likeness (QED) is 0.320. The van der Waals surface area contributed by atoms with Gasteiger partial charge in [0, 0.05) is 24.7 Å². The van der Waals surface area contributed by atoms with Gasteiger partial charge in [0.05, 0.1) is 24.0 Å². The summed E-state index contributed by atoms with van der Waals surface area (Å²) in [6.45, 7) is 0.141. The van der Waals surface area contributed by atoms with Gasteiger partial charge in [0.1, 0.15) is 12.4 Å². The van der Waals surface area contributed by atoms with Crippen molar-refractivity contribution in [1.29, 1.82) is 0 Å². The van der Waals surface area contributed by atoms with Crippen LogP contribution in [0.15, 0.2) is 47.6 Å². The molecule has 0 aliphatic carbocycles. The van der Waals surface area contributed by atoms with Gasteiger partial charge in [0.2, 0.25) is 11.8 Å². The molecular formula is C18H19N7O7S. The van der Waals surface area contributed by atoms with Crippen molar-refractivity contribution >= 4 is 33.1 Å². The van der Waals surface area contributed by atoms with E-state index in [4.69, 9.17) is 9.47 Å². The number of rotatable bonds is 10. The smallest absolute Gasteiger partial charge is 0.321 e. The molecule has 3 rings (SSSR count). The van der Waals surface area contributed by atoms with Crippen molar-refractivity contribution in [1.82, 2.24) is 19.7 Å². The van der Waals surface area contributed by atoms with Crippen molar-refractivity contribution in [3.8, 4) is 11.9 Å². The summed E-state index contributed by atoms with van der Waals surface area (Å²) in [4.78, 5) is 29.9. The molecule has 2 aromatic heterocycles. The molecule has 15 heteroatoms. The Bertz CT molecular complexity index is 1240. The molecule has 0 spiro atoms. The standard InChI is InChI=1S/C18H19N7O7S/c1-31-17-9-15(21-18(22-17)32-2)23-33(29,30)14-5-3-12(4-6-14)20-16(26)7-8-24-11-13(10-19-24)25(27)28/h3-6,9-11H,7-8H2,1-2H3,(H,20,26)(H,21,22,23). The van der Waals surface area contributed by atoms with Crippen LogP contribution >= 0.6 is 0 Å². The molecule has 0 saturated heterocycles. The molecule has 0 bridgehead atoms. The summed E-state index contributed by atoms with van der Waals surface area (Å²) in [6.07, 6.45) is 2.33. The maximum absolute atomic E-state index is 12.6. The van der Waals surface area contributed by atoms with E-state index in [9.17, 15) is 23.3 Å². The zero-order valence-corrected chi connectivity index (χ0v) is 18.3. The maximum Gasteiger partial charge on any atom is 0.321 e. The van der Waals surface area contributed by atoms with Crippen LogP contribution in [0.2, 0.25) is 0 Å². The van der Waals surface area contributed by atoms with Gasteiger partial charge in [-0.1, -0.05) is 0 Å². The summed E-state index contributed by atoms with van der Waals surface area (Å²) in [6, 6.07) is 6.69. The van der Waals surface area contributed by atoms with E-state index in [1.165, 1.54) is 55.4 Å². The first kappa shape index (κ1) is 23.4. The average Bonchev–Trinajstić information content (AvgIpc) is 3.27. The molecule has 0 unspecified atom stereocenters. The number of sulfonamides is 1. The molecule has 2 heterocycles. The van der Waals surface area contributed by atoms with E-state index >= 15 is 0 Å². The minimum absolute atomic E-state index is 0.0117. The largest absolute Gasteiger partial charge is 0.481 e. The van der Waals surface area contributed by atoms with E-state index in [2.05, 4.69) is 25.1 Å². The monoisotopic (exact) mass is 477 g/mol. The molecule has 0 saturated carbocycles. The van der Waals surface area contributed by atoms with E-state index < -0.39 is 14.9 Å². The first-order valence-corrected chi connectivity index (χ1v) is 10.7. The number of anilines is 2. The Morgan fingerprint density at radius 2 is 1.91 bits per heavy atom. The van der Waals surface area contributed by atoms with Gasteiger partial charge in [-0.15, -0.1) is 0 Å². The van der Waals surface area contributed by atoms with Gasteiger partial charge >= 0.3 is 11.7 Å². The molecule has 174 valence electrons. The number of nitrogens with zero attached hydrogens (tertiary/aromatic N) is 5. The maximum atomic E-state index is 12.6. The van der Waals surface area contributed by atoms with Crippen molar-refractivity contribution in [3.63, 3.8) is 0 Å². The first-order valence-electron chi connectivity index (χ1n) is 9.27. The Hall–Kier alpha value is -4.27. The second-order valence-corrected chi connectivity index (χ2v) is 8.11. The van der Waals surface area contributed by atoms with Crippen LogP contribution in [0.3, 0.4) is 0 Å². The molecule has 33 heavy (non-hydrogen) atoms. The topological polar surface area (TPSA) is 180 Å². The highest BCUT2D eigenvalue weighted by Crippen LogP contribution is 2.21. The minimum atomic E-state index is -3.99. The molecule has 0 radical (unpaired) electrons. The molecule has 14 nitrogen and oxygen atoms in total. The number of hydrogen-bond acceptors (Lipinski definition) is 10. The number of nitrogens with one attached hydrogen (secondary N) is 2. The lowest BCUT2D eigenvalue weighted by Crippen LogP contribution is -2.16. The van der Waals surface area contributed by atoms with Crippen molar-refractivity contribution in [2.45, 2.75) is 17.9 Å². The molecule has 0 fully saturated rings. The third-order valence-electron chi connectivity index (χ3n) is 4.16. The SMILES string of the molecule is COc1cc(NS(=O)(=O)c2ccc(NC(=O)CCn3cc([N+](=O)[O-])cn3)cc2)nc(OC)n1. The predicted molar refractivity (Wildman–Crippen MR) is 115 cm³/mol. The summed E-state index contributed by atoms with van der Waals surface area (Å²) in [7, 11) is -1.29. The average molecular weight is 477 g/mol. The van der Waals surface area contributed by atoms with Gasteiger partial charge in [-0.3, -0.25) is 24.3 Å². The van der Waals surface area contributed by atoms with Crippen LogP contribution in [-0.2, 0) is 21.4 Å². The van der Waals surface area contributed by atoms with E-state index in [0.717, 1.165) is 6.20 Å². The number of benzene rings is 1. The van der Waals surface area contributed by atoms with Crippen LogP contribution in [0.1, 0.15) is 6.42 Å². The van der Waals surface area contributed by atoms with Gasteiger partial charge in [-0.05, 0) is 24.3 Å². The molecule has 0 aliphatic rings. The molecule has 1 amide bonds. The lowest BCUT2D eigenvalue weighted by Gasteiger charge is -2.10. The number of carbonyl (C=O) groups is 1. The number of methoxy groups -OCH3 is 2. The summed E-state index contributed by atoms with van der Waals surface area (Å²) < 4.78 is 38.8. The Morgan fingerprint density at radius 3 is 2.52 bits per heavy atom. The van der Waals surface area contributed by atoms with Crippen molar-refractivity contribution in [2.75, 3.05) is 24.3 Å². The number of ether oxygens (including phenoxy) is 2. The Morgan fingerprint density at radius 1 is 1.18 bits per heavy atom. The molecule has 3 aromatic rings. The zero-order valence-electron chi connectivity index (χ0n) is 17.5. The van der Waals surface area contributed by atoms with Crippen LogP contribution in [-0.4, -0.2) is 53.2 Å². The van der Waals surface area contributed by atoms with Crippen LogP contribution < -0.4 is 19.5 Å². The van der Waals surface area contributed by atoms with Crippen LogP contribution in [0, 0.1) is 10.1 Å².